The minimum Gasteiger partial charge on any atom is -0.388 e. The van der Waals surface area contributed by atoms with Gasteiger partial charge in [0.1, 0.15) is 5.65 Å². The highest BCUT2D eigenvalue weighted by molar-refractivity contribution is 7.86. The molecule has 12 nitrogen and oxygen atoms in total. The Morgan fingerprint density at radius 3 is 2.41 bits per heavy atom. The monoisotopic (exact) mass is 560 g/mol. The zero-order valence-corrected chi connectivity index (χ0v) is 23.7. The molecule has 0 amide bonds. The number of aliphatic hydroxyl groups is 1. The zero-order valence-electron chi connectivity index (χ0n) is 22.9. The first-order chi connectivity index (χ1) is 18.6. The van der Waals surface area contributed by atoms with E-state index < -0.39 is 15.8 Å². The third-order valence-corrected chi connectivity index (χ3v) is 11.1. The summed E-state index contributed by atoms with van der Waals surface area (Å²) in [5, 5.41) is 15.0. The molecule has 4 fully saturated rings. The van der Waals surface area contributed by atoms with Gasteiger partial charge in [0.05, 0.1) is 11.6 Å². The number of piperazine rings is 1. The third kappa shape index (κ3) is 5.20. The molecule has 1 saturated carbocycles. The van der Waals surface area contributed by atoms with Crippen LogP contribution in [0.3, 0.4) is 0 Å². The van der Waals surface area contributed by atoms with Crippen LogP contribution < -0.4 is 10.9 Å². The van der Waals surface area contributed by atoms with E-state index in [1.807, 2.05) is 0 Å². The van der Waals surface area contributed by atoms with Gasteiger partial charge in [0, 0.05) is 82.1 Å². The highest BCUT2D eigenvalue weighted by Gasteiger charge is 2.43. The molecule has 2 N–H and O–H groups in total. The second-order valence-corrected chi connectivity index (χ2v) is 13.8. The minimum atomic E-state index is -3.45. The van der Waals surface area contributed by atoms with Crippen LogP contribution in [0.2, 0.25) is 0 Å². The highest BCUT2D eigenvalue weighted by Crippen LogP contribution is 2.39. The van der Waals surface area contributed by atoms with Gasteiger partial charge in [-0.3, -0.25) is 14.3 Å². The molecule has 0 radical (unpaired) electrons. The van der Waals surface area contributed by atoms with Gasteiger partial charge in [-0.2, -0.15) is 22.0 Å². The van der Waals surface area contributed by atoms with Crippen LogP contribution in [0.4, 0.5) is 5.95 Å². The lowest BCUT2D eigenvalue weighted by molar-refractivity contribution is 0.0267. The Hall–Kier alpha value is -2.16. The van der Waals surface area contributed by atoms with Crippen LogP contribution in [0.5, 0.6) is 0 Å². The van der Waals surface area contributed by atoms with E-state index in [-0.39, 0.29) is 17.6 Å². The van der Waals surface area contributed by atoms with Crippen molar-refractivity contribution in [3.8, 4) is 0 Å². The molecule has 0 unspecified atom stereocenters. The molecule has 0 aromatic carbocycles. The molecule has 13 heteroatoms. The number of aromatic nitrogens is 3. The summed E-state index contributed by atoms with van der Waals surface area (Å²) in [4.78, 5) is 26.7. The molecule has 1 aliphatic carbocycles. The number of pyridine rings is 1. The molecule has 2 aromatic rings. The first-order valence-electron chi connectivity index (χ1n) is 14.2. The first-order valence-corrected chi connectivity index (χ1v) is 15.6. The fraction of sp³-hybridized carbons (Fsp3) is 0.731. The predicted octanol–water partition coefficient (Wildman–Crippen LogP) is 0.320. The average Bonchev–Trinajstić information content (AvgIpc) is 3.22. The Morgan fingerprint density at radius 2 is 1.74 bits per heavy atom. The second-order valence-electron chi connectivity index (χ2n) is 11.9. The van der Waals surface area contributed by atoms with Gasteiger partial charge in [-0.1, -0.05) is 0 Å². The van der Waals surface area contributed by atoms with Crippen LogP contribution in [-0.2, 0) is 10.2 Å². The van der Waals surface area contributed by atoms with Gasteiger partial charge >= 0.3 is 0 Å². The van der Waals surface area contributed by atoms with Gasteiger partial charge in [-0.05, 0) is 52.1 Å². The van der Waals surface area contributed by atoms with Crippen LogP contribution in [0.25, 0.3) is 11.0 Å². The minimum absolute atomic E-state index is 0.0295. The van der Waals surface area contributed by atoms with Crippen molar-refractivity contribution in [3.05, 3.63) is 28.7 Å². The van der Waals surface area contributed by atoms with E-state index in [2.05, 4.69) is 27.1 Å². The van der Waals surface area contributed by atoms with Crippen molar-refractivity contribution >= 4 is 27.2 Å². The van der Waals surface area contributed by atoms with Gasteiger partial charge in [0.25, 0.3) is 15.8 Å². The molecule has 0 spiro atoms. The number of likely N-dealkylation sites (N-methyl/N-ethyl adjacent to an activating group) is 1. The van der Waals surface area contributed by atoms with Crippen molar-refractivity contribution in [1.29, 1.82) is 0 Å². The van der Waals surface area contributed by atoms with Crippen molar-refractivity contribution in [3.63, 3.8) is 0 Å². The molecule has 2 aromatic heterocycles. The summed E-state index contributed by atoms with van der Waals surface area (Å²) in [7, 11) is -1.33. The van der Waals surface area contributed by atoms with Gasteiger partial charge in [-0.25, -0.2) is 4.98 Å². The lowest BCUT2D eigenvalue weighted by Crippen LogP contribution is -2.66. The molecule has 214 valence electrons. The summed E-state index contributed by atoms with van der Waals surface area (Å²) >= 11 is 0. The molecule has 3 aliphatic heterocycles. The van der Waals surface area contributed by atoms with E-state index in [1.54, 1.807) is 32.4 Å². The van der Waals surface area contributed by atoms with E-state index in [4.69, 9.17) is 4.98 Å². The number of hydrogen-bond acceptors (Lipinski definition) is 9. The van der Waals surface area contributed by atoms with Crippen molar-refractivity contribution < 1.29 is 13.5 Å². The highest BCUT2D eigenvalue weighted by atomic mass is 32.2. The third-order valence-electron chi connectivity index (χ3n) is 9.18. The summed E-state index contributed by atoms with van der Waals surface area (Å²) in [6.45, 7) is 7.88. The Balaban J connectivity index is 1.08. The molecule has 6 rings (SSSR count). The molecule has 5 heterocycles. The average molecular weight is 561 g/mol. The number of rotatable bonds is 6. The van der Waals surface area contributed by atoms with E-state index in [1.165, 1.54) is 6.07 Å². The molecule has 3 saturated heterocycles. The molecular formula is C26H40N8O4S. The summed E-state index contributed by atoms with van der Waals surface area (Å²) in [5.74, 6) is 0.415. The Labute approximate surface area is 229 Å². The van der Waals surface area contributed by atoms with Crippen molar-refractivity contribution in [2.45, 2.75) is 62.8 Å². The fourth-order valence-corrected chi connectivity index (χ4v) is 8.27. The SMILES string of the molecule is CN1CCN(C2CN(S(=O)(=O)N3CCC(Nc4ncc5ccc(=O)n([C@@H]6CCC[C@@]6(C)O)c5n4)CC3)C2)CC1. The topological polar surface area (TPSA) is 127 Å². The van der Waals surface area contributed by atoms with E-state index >= 15 is 0 Å². The number of hydrogen-bond donors (Lipinski definition) is 2. The number of nitrogens with zero attached hydrogens (tertiary/aromatic N) is 7. The Kier molecular flexibility index (Phi) is 7.17. The number of nitrogens with one attached hydrogen (secondary N) is 1. The number of piperidine rings is 1. The van der Waals surface area contributed by atoms with Crippen LogP contribution in [0.1, 0.15) is 45.1 Å². The van der Waals surface area contributed by atoms with E-state index in [0.717, 1.165) is 44.4 Å². The summed E-state index contributed by atoms with van der Waals surface area (Å²) in [6.07, 6.45) is 5.21. The van der Waals surface area contributed by atoms with E-state index in [0.29, 0.717) is 63.1 Å². The maximum atomic E-state index is 13.2. The quantitative estimate of drug-likeness (QED) is 0.514. The van der Waals surface area contributed by atoms with Crippen LogP contribution in [0, 0.1) is 0 Å². The largest absolute Gasteiger partial charge is 0.388 e. The molecule has 0 bridgehead atoms. The Morgan fingerprint density at radius 1 is 1.03 bits per heavy atom. The maximum absolute atomic E-state index is 13.2. The Bertz CT molecular complexity index is 1360. The van der Waals surface area contributed by atoms with Crippen LogP contribution in [0.15, 0.2) is 23.1 Å². The standard InChI is InChI=1S/C26H40N8O4S/c1-26(36)9-3-4-22(26)34-23(35)6-5-19-16-27-25(29-24(19)34)28-20-7-10-32(11-8-20)39(37,38)33-17-21(18-33)31-14-12-30(2)13-15-31/h5-6,16,20-22,36H,3-4,7-15,17-18H2,1-2H3,(H,27,28,29)/t22-,26-/m1/s1. The van der Waals surface area contributed by atoms with Crippen molar-refractivity contribution in [2.24, 2.45) is 0 Å². The lowest BCUT2D eigenvalue weighted by atomic mass is 10.00. The summed E-state index contributed by atoms with van der Waals surface area (Å²) in [5.41, 5.74) is -0.630. The van der Waals surface area contributed by atoms with Crippen LogP contribution >= 0.6 is 0 Å². The second kappa shape index (κ2) is 10.3. The number of anilines is 1. The lowest BCUT2D eigenvalue weighted by Gasteiger charge is -2.48. The summed E-state index contributed by atoms with van der Waals surface area (Å²) < 4.78 is 31.3. The van der Waals surface area contributed by atoms with Gasteiger partial charge < -0.3 is 15.3 Å². The normalized spacial score (nSPS) is 29.2. The predicted molar refractivity (Wildman–Crippen MR) is 149 cm³/mol. The smallest absolute Gasteiger partial charge is 0.282 e. The number of fused-ring (bicyclic) bond motifs is 1. The van der Waals surface area contributed by atoms with Gasteiger partial charge in [-0.15, -0.1) is 0 Å². The summed E-state index contributed by atoms with van der Waals surface area (Å²) in [6, 6.07) is 3.25. The first kappa shape index (κ1) is 27.0. The molecule has 4 aliphatic rings. The van der Waals surface area contributed by atoms with Gasteiger partial charge in [0.15, 0.2) is 0 Å². The van der Waals surface area contributed by atoms with Gasteiger partial charge in [0.2, 0.25) is 5.95 Å². The fourth-order valence-electron chi connectivity index (χ4n) is 6.55. The van der Waals surface area contributed by atoms with Crippen molar-refractivity contribution in [1.82, 2.24) is 32.9 Å². The van der Waals surface area contributed by atoms with Crippen LogP contribution in [-0.4, -0.2) is 124 Å². The molecule has 39 heavy (non-hydrogen) atoms. The zero-order chi connectivity index (χ0) is 27.4. The maximum Gasteiger partial charge on any atom is 0.282 e. The molecule has 2 atom stereocenters. The van der Waals surface area contributed by atoms with Crippen molar-refractivity contribution in [2.75, 3.05) is 64.7 Å². The van der Waals surface area contributed by atoms with E-state index in [9.17, 15) is 18.3 Å². The molecular weight excluding hydrogens is 520 g/mol.